The molecule has 0 aliphatic carbocycles. The predicted octanol–water partition coefficient (Wildman–Crippen LogP) is 19.9. The molecule has 0 saturated carbocycles. The Hall–Kier alpha value is -7.04. The first-order valence-electron chi connectivity index (χ1n) is 27.9. The van der Waals surface area contributed by atoms with Crippen LogP contribution in [0.1, 0.15) is 175 Å². The van der Waals surface area contributed by atoms with Crippen molar-refractivity contribution < 1.29 is 19.1 Å². The van der Waals surface area contributed by atoms with Crippen LogP contribution in [0.5, 0.6) is 11.5 Å². The van der Waals surface area contributed by atoms with Gasteiger partial charge in [-0.25, -0.2) is 0 Å². The second-order valence-electron chi connectivity index (χ2n) is 21.8. The minimum Gasteiger partial charge on any atom is -0.493 e. The SMILES string of the molecule is CCCCCCOc1cc(/C=C/c2cc(-c3c(C)cc(C)cc3C)c(C=O)c(-c3c(C)cc(C)cc3C)c2)c(OCCCCCC)cc1/C=C/c1cc(-c2c(C)cc(C)cc2C)c(C=O)c(-c2c(C)cc(C)cc2C)c1. The van der Waals surface area contributed by atoms with E-state index in [0.29, 0.717) is 24.3 Å². The molecule has 0 radical (unpaired) electrons. The van der Waals surface area contributed by atoms with Gasteiger partial charge in [-0.3, -0.25) is 9.59 Å². The van der Waals surface area contributed by atoms with Crippen LogP contribution < -0.4 is 9.47 Å². The summed E-state index contributed by atoms with van der Waals surface area (Å²) in [5, 5.41) is 0. The van der Waals surface area contributed by atoms with Crippen molar-refractivity contribution in [1.82, 2.24) is 0 Å². The zero-order valence-electron chi connectivity index (χ0n) is 48.3. The van der Waals surface area contributed by atoms with Gasteiger partial charge >= 0.3 is 0 Å². The normalized spacial score (nSPS) is 11.6. The van der Waals surface area contributed by atoms with Crippen molar-refractivity contribution in [3.05, 3.63) is 185 Å². The lowest BCUT2D eigenvalue weighted by molar-refractivity contribution is 0.111. The van der Waals surface area contributed by atoms with E-state index in [0.717, 1.165) is 187 Å². The minimum absolute atomic E-state index is 0.589. The molecular formula is C72H82O4. The van der Waals surface area contributed by atoms with Gasteiger partial charge < -0.3 is 9.47 Å². The van der Waals surface area contributed by atoms with Crippen molar-refractivity contribution in [2.75, 3.05) is 13.2 Å². The Balaban J connectivity index is 1.44. The maximum atomic E-state index is 13.4. The molecule has 4 nitrogen and oxygen atoms in total. The third-order valence-electron chi connectivity index (χ3n) is 15.0. The molecule has 0 aromatic heterocycles. The van der Waals surface area contributed by atoms with Gasteiger partial charge in [-0.15, -0.1) is 0 Å². The lowest BCUT2D eigenvalue weighted by Gasteiger charge is -2.20. The fourth-order valence-electron chi connectivity index (χ4n) is 11.9. The summed E-state index contributed by atoms with van der Waals surface area (Å²) in [6.07, 6.45) is 19.4. The van der Waals surface area contributed by atoms with Crippen LogP contribution >= 0.6 is 0 Å². The Bertz CT molecular complexity index is 2870. The van der Waals surface area contributed by atoms with E-state index in [1.54, 1.807) is 0 Å². The number of ether oxygens (including phenoxy) is 2. The van der Waals surface area contributed by atoms with Gasteiger partial charge in [0.05, 0.1) is 13.2 Å². The van der Waals surface area contributed by atoms with Gasteiger partial charge in [0.25, 0.3) is 0 Å². The van der Waals surface area contributed by atoms with Crippen LogP contribution in [-0.4, -0.2) is 25.8 Å². The Kier molecular flexibility index (Phi) is 19.1. The van der Waals surface area contributed by atoms with Crippen LogP contribution in [0.4, 0.5) is 0 Å². The zero-order chi connectivity index (χ0) is 54.8. The Morgan fingerprint density at radius 3 is 0.829 bits per heavy atom. The van der Waals surface area contributed by atoms with Gasteiger partial charge in [0, 0.05) is 22.3 Å². The van der Waals surface area contributed by atoms with E-state index in [1.807, 2.05) is 0 Å². The summed E-state index contributed by atoms with van der Waals surface area (Å²) in [5.74, 6) is 1.56. The molecule has 7 rings (SSSR count). The van der Waals surface area contributed by atoms with Gasteiger partial charge in [0.2, 0.25) is 0 Å². The molecule has 0 amide bonds. The molecule has 0 aliphatic heterocycles. The second-order valence-corrected chi connectivity index (χ2v) is 21.8. The Morgan fingerprint density at radius 1 is 0.329 bits per heavy atom. The number of aryl methyl sites for hydroxylation is 12. The van der Waals surface area contributed by atoms with Gasteiger partial charge in [-0.1, -0.05) is 147 Å². The number of hydrogen-bond donors (Lipinski definition) is 0. The fourth-order valence-corrected chi connectivity index (χ4v) is 11.9. The molecule has 0 unspecified atom stereocenters. The first-order valence-corrected chi connectivity index (χ1v) is 27.9. The van der Waals surface area contributed by atoms with Crippen molar-refractivity contribution in [3.63, 3.8) is 0 Å². The van der Waals surface area contributed by atoms with E-state index < -0.39 is 0 Å². The monoisotopic (exact) mass is 1010 g/mol. The molecule has 0 heterocycles. The van der Waals surface area contributed by atoms with Crippen molar-refractivity contribution in [1.29, 1.82) is 0 Å². The lowest BCUT2D eigenvalue weighted by Crippen LogP contribution is -2.03. The number of carbonyl (C=O) groups excluding carboxylic acids is 2. The first kappa shape index (κ1) is 56.7. The standard InChI is InChI=1S/C72H82O4/c1-15-17-19-21-27-75-67-41-60(26-24-58-39-63(71-53(11)33-47(5)34-54(71)12)66(44-74)64(40-58)72-55(13)35-48(6)36-56(72)14)68(76-28-22-20-18-16-2)42-59(67)25-23-57-37-61(69-49(7)29-45(3)30-50(69)8)65(43-73)62(38-57)70-51(9)31-46(4)32-52(70)10/h23-26,29-44H,15-22,27-28H2,1-14H3/b25-23+,26-24+. The molecule has 7 aromatic rings. The molecule has 76 heavy (non-hydrogen) atoms. The van der Waals surface area contributed by atoms with Crippen LogP contribution in [0.15, 0.2) is 84.9 Å². The summed E-state index contributed by atoms with van der Waals surface area (Å²) in [7, 11) is 0. The summed E-state index contributed by atoms with van der Waals surface area (Å²) < 4.78 is 13.6. The van der Waals surface area contributed by atoms with Gasteiger partial charge in [0.15, 0.2) is 12.6 Å². The van der Waals surface area contributed by atoms with Crippen LogP contribution in [0, 0.1) is 83.1 Å². The van der Waals surface area contributed by atoms with E-state index in [1.165, 1.54) is 22.3 Å². The average molecular weight is 1010 g/mol. The van der Waals surface area contributed by atoms with E-state index in [4.69, 9.17) is 9.47 Å². The number of hydrogen-bond acceptors (Lipinski definition) is 4. The van der Waals surface area contributed by atoms with E-state index in [9.17, 15) is 9.59 Å². The van der Waals surface area contributed by atoms with Gasteiger partial charge in [-0.2, -0.15) is 0 Å². The Morgan fingerprint density at radius 2 is 0.592 bits per heavy atom. The average Bonchev–Trinajstić information content (AvgIpc) is 3.36. The van der Waals surface area contributed by atoms with Crippen LogP contribution in [-0.2, 0) is 0 Å². The van der Waals surface area contributed by atoms with Gasteiger partial charge in [0.1, 0.15) is 11.5 Å². The highest BCUT2D eigenvalue weighted by Crippen LogP contribution is 2.43. The molecule has 0 fully saturated rings. The van der Waals surface area contributed by atoms with Crippen molar-refractivity contribution >= 4 is 36.9 Å². The molecule has 0 atom stereocenters. The minimum atomic E-state index is 0.589. The molecule has 394 valence electrons. The number of rotatable bonds is 22. The smallest absolute Gasteiger partial charge is 0.151 e. The predicted molar refractivity (Wildman–Crippen MR) is 326 cm³/mol. The Labute approximate surface area is 456 Å². The topological polar surface area (TPSA) is 52.6 Å². The lowest BCUT2D eigenvalue weighted by atomic mass is 9.83. The molecule has 0 bridgehead atoms. The molecule has 0 spiro atoms. The van der Waals surface area contributed by atoms with Crippen LogP contribution in [0.25, 0.3) is 68.8 Å². The second kappa shape index (κ2) is 25.7. The fraction of sp³-hybridized carbons (Fsp3) is 0.333. The third kappa shape index (κ3) is 13.1. The number of aldehydes is 2. The molecular weight excluding hydrogens is 929 g/mol. The van der Waals surface area contributed by atoms with Crippen molar-refractivity contribution in [3.8, 4) is 56.0 Å². The molecule has 7 aromatic carbocycles. The summed E-state index contributed by atoms with van der Waals surface area (Å²) in [6.45, 7) is 31.3. The highest BCUT2D eigenvalue weighted by atomic mass is 16.5. The zero-order valence-corrected chi connectivity index (χ0v) is 48.3. The molecule has 0 saturated heterocycles. The van der Waals surface area contributed by atoms with E-state index in [-0.39, 0.29) is 0 Å². The summed E-state index contributed by atoms with van der Waals surface area (Å²) in [6, 6.07) is 30.7. The molecule has 0 aliphatic rings. The highest BCUT2D eigenvalue weighted by molar-refractivity contribution is 6.02. The van der Waals surface area contributed by atoms with Gasteiger partial charge in [-0.05, 0) is 232 Å². The summed E-state index contributed by atoms with van der Waals surface area (Å²) >= 11 is 0. The maximum absolute atomic E-state index is 13.4. The van der Waals surface area contributed by atoms with E-state index >= 15 is 0 Å². The van der Waals surface area contributed by atoms with E-state index in [2.05, 4.69) is 206 Å². The van der Waals surface area contributed by atoms with Crippen LogP contribution in [0.3, 0.4) is 0 Å². The van der Waals surface area contributed by atoms with Crippen LogP contribution in [0.2, 0.25) is 0 Å². The largest absolute Gasteiger partial charge is 0.493 e. The number of benzene rings is 7. The number of carbonyl (C=O) groups is 2. The van der Waals surface area contributed by atoms with Crippen molar-refractivity contribution in [2.24, 2.45) is 0 Å². The number of unbranched alkanes of at least 4 members (excludes halogenated alkanes) is 6. The first-order chi connectivity index (χ1) is 36.5. The quantitative estimate of drug-likeness (QED) is 0.0386. The molecule has 0 N–H and O–H groups in total. The summed E-state index contributed by atoms with van der Waals surface area (Å²) in [5.41, 5.74) is 27.2. The highest BCUT2D eigenvalue weighted by Gasteiger charge is 2.22. The molecule has 4 heteroatoms. The maximum Gasteiger partial charge on any atom is 0.151 e. The third-order valence-corrected chi connectivity index (χ3v) is 15.0. The summed E-state index contributed by atoms with van der Waals surface area (Å²) in [4.78, 5) is 26.9. The van der Waals surface area contributed by atoms with Crippen molar-refractivity contribution in [2.45, 2.75) is 148 Å².